The van der Waals surface area contributed by atoms with Gasteiger partial charge in [-0.15, -0.1) is 0 Å². The highest BCUT2D eigenvalue weighted by Gasteiger charge is 2.27. The second-order valence-electron chi connectivity index (χ2n) is 6.93. The van der Waals surface area contributed by atoms with Gasteiger partial charge in [0.15, 0.2) is 5.78 Å². The van der Waals surface area contributed by atoms with Gasteiger partial charge in [-0.2, -0.15) is 0 Å². The van der Waals surface area contributed by atoms with Crippen LogP contribution in [0.2, 0.25) is 0 Å². The van der Waals surface area contributed by atoms with Gasteiger partial charge in [-0.3, -0.25) is 14.4 Å². The lowest BCUT2D eigenvalue weighted by Crippen LogP contribution is -2.40. The van der Waals surface area contributed by atoms with Crippen molar-refractivity contribution in [2.75, 3.05) is 13.1 Å². The average molecular weight is 365 g/mol. The molecule has 0 aromatic heterocycles. The number of hydrogen-bond donors (Lipinski definition) is 1. The van der Waals surface area contributed by atoms with Crippen molar-refractivity contribution in [1.29, 1.82) is 0 Å². The molecular weight excluding hydrogens is 342 g/mol. The van der Waals surface area contributed by atoms with Gasteiger partial charge in [-0.25, -0.2) is 0 Å². The maximum atomic E-state index is 13.1. The maximum Gasteiger partial charge on any atom is 0.303 e. The topological polar surface area (TPSA) is 74.7 Å². The minimum absolute atomic E-state index is 0.121. The third kappa shape index (κ3) is 4.61. The van der Waals surface area contributed by atoms with E-state index in [0.717, 1.165) is 12.8 Å². The van der Waals surface area contributed by atoms with Crippen LogP contribution in [0.4, 0.5) is 0 Å². The van der Waals surface area contributed by atoms with Crippen molar-refractivity contribution in [3.8, 4) is 0 Å². The SMILES string of the molecule is O=C(O)CCC1CCCN(C(=O)c2ccccc2C(=O)c2ccccc2)C1. The number of rotatable bonds is 6. The molecule has 5 nitrogen and oxygen atoms in total. The molecule has 1 saturated heterocycles. The lowest BCUT2D eigenvalue weighted by molar-refractivity contribution is -0.137. The Bertz CT molecular complexity index is 831. The van der Waals surface area contributed by atoms with Crippen LogP contribution >= 0.6 is 0 Å². The lowest BCUT2D eigenvalue weighted by atomic mass is 9.92. The molecule has 1 aliphatic heterocycles. The molecule has 0 radical (unpaired) electrons. The summed E-state index contributed by atoms with van der Waals surface area (Å²) in [7, 11) is 0. The molecule has 140 valence electrons. The first-order chi connectivity index (χ1) is 13.1. The lowest BCUT2D eigenvalue weighted by Gasteiger charge is -2.33. The minimum Gasteiger partial charge on any atom is -0.481 e. The van der Waals surface area contributed by atoms with Gasteiger partial charge in [0.25, 0.3) is 5.91 Å². The van der Waals surface area contributed by atoms with Crippen molar-refractivity contribution >= 4 is 17.7 Å². The van der Waals surface area contributed by atoms with E-state index in [9.17, 15) is 14.4 Å². The van der Waals surface area contributed by atoms with E-state index in [1.165, 1.54) is 0 Å². The summed E-state index contributed by atoms with van der Waals surface area (Å²) in [6.07, 6.45) is 2.48. The van der Waals surface area contributed by atoms with Crippen LogP contribution < -0.4 is 0 Å². The summed E-state index contributed by atoms with van der Waals surface area (Å²) < 4.78 is 0. The van der Waals surface area contributed by atoms with Crippen LogP contribution in [-0.4, -0.2) is 40.8 Å². The Hall–Kier alpha value is -2.95. The molecule has 3 rings (SSSR count). The molecule has 1 fully saturated rings. The average Bonchev–Trinajstić information content (AvgIpc) is 2.72. The third-order valence-corrected chi connectivity index (χ3v) is 5.01. The molecule has 5 heteroatoms. The van der Waals surface area contributed by atoms with Crippen molar-refractivity contribution in [1.82, 2.24) is 4.90 Å². The fourth-order valence-corrected chi connectivity index (χ4v) is 3.60. The van der Waals surface area contributed by atoms with E-state index >= 15 is 0 Å². The molecule has 1 atom stereocenters. The zero-order valence-corrected chi connectivity index (χ0v) is 15.1. The van der Waals surface area contributed by atoms with Crippen molar-refractivity contribution in [2.24, 2.45) is 5.92 Å². The number of carboxylic acid groups (broad SMARTS) is 1. The molecule has 1 aliphatic rings. The Morgan fingerprint density at radius 1 is 0.963 bits per heavy atom. The van der Waals surface area contributed by atoms with Gasteiger partial charge in [-0.05, 0) is 31.2 Å². The number of piperidine rings is 1. The standard InChI is InChI=1S/C22H23NO4/c24-20(25)13-12-16-7-6-14-23(15-16)22(27)19-11-5-4-10-18(19)21(26)17-8-2-1-3-9-17/h1-5,8-11,16H,6-7,12-15H2,(H,24,25). The van der Waals surface area contributed by atoms with Gasteiger partial charge in [0.1, 0.15) is 0 Å². The molecule has 1 unspecified atom stereocenters. The van der Waals surface area contributed by atoms with Crippen LogP contribution in [0.25, 0.3) is 0 Å². The van der Waals surface area contributed by atoms with E-state index in [2.05, 4.69) is 0 Å². The van der Waals surface area contributed by atoms with Gasteiger partial charge in [0.2, 0.25) is 0 Å². The van der Waals surface area contributed by atoms with Crippen molar-refractivity contribution in [2.45, 2.75) is 25.7 Å². The van der Waals surface area contributed by atoms with Crippen molar-refractivity contribution in [3.05, 3.63) is 71.3 Å². The van der Waals surface area contributed by atoms with Gasteiger partial charge < -0.3 is 10.0 Å². The monoisotopic (exact) mass is 365 g/mol. The zero-order valence-electron chi connectivity index (χ0n) is 15.1. The van der Waals surface area contributed by atoms with Gasteiger partial charge >= 0.3 is 5.97 Å². The molecule has 2 aromatic carbocycles. The van der Waals surface area contributed by atoms with Crippen LogP contribution in [0.3, 0.4) is 0 Å². The fourth-order valence-electron chi connectivity index (χ4n) is 3.60. The highest BCUT2D eigenvalue weighted by Crippen LogP contribution is 2.24. The molecule has 0 bridgehead atoms. The summed E-state index contributed by atoms with van der Waals surface area (Å²) >= 11 is 0. The fraction of sp³-hybridized carbons (Fsp3) is 0.318. The quantitative estimate of drug-likeness (QED) is 0.793. The van der Waals surface area contributed by atoms with Crippen LogP contribution in [0, 0.1) is 5.92 Å². The van der Waals surface area contributed by atoms with Gasteiger partial charge in [0, 0.05) is 30.6 Å². The van der Waals surface area contributed by atoms with Crippen molar-refractivity contribution in [3.63, 3.8) is 0 Å². The third-order valence-electron chi connectivity index (χ3n) is 5.01. The van der Waals surface area contributed by atoms with Gasteiger partial charge in [-0.1, -0.05) is 48.5 Å². The van der Waals surface area contributed by atoms with E-state index in [-0.39, 0.29) is 24.0 Å². The molecule has 1 amide bonds. The van der Waals surface area contributed by atoms with E-state index < -0.39 is 5.97 Å². The van der Waals surface area contributed by atoms with E-state index in [0.29, 0.717) is 36.2 Å². The number of amides is 1. The van der Waals surface area contributed by atoms with Crippen LogP contribution in [0.5, 0.6) is 0 Å². The summed E-state index contributed by atoms with van der Waals surface area (Å²) in [6, 6.07) is 15.8. The number of carboxylic acids is 1. The number of nitrogens with zero attached hydrogens (tertiary/aromatic N) is 1. The number of carbonyl (C=O) groups is 3. The Morgan fingerprint density at radius 3 is 2.33 bits per heavy atom. The highest BCUT2D eigenvalue weighted by atomic mass is 16.4. The zero-order chi connectivity index (χ0) is 19.2. The summed E-state index contributed by atoms with van der Waals surface area (Å²) in [5.74, 6) is -0.943. The van der Waals surface area contributed by atoms with Crippen molar-refractivity contribution < 1.29 is 19.5 Å². The number of hydrogen-bond acceptors (Lipinski definition) is 3. The second-order valence-corrected chi connectivity index (χ2v) is 6.93. The number of likely N-dealkylation sites (tertiary alicyclic amines) is 1. The molecular formula is C22H23NO4. The maximum absolute atomic E-state index is 13.1. The molecule has 1 heterocycles. The molecule has 27 heavy (non-hydrogen) atoms. The Balaban J connectivity index is 1.79. The number of aliphatic carboxylic acids is 1. The minimum atomic E-state index is -0.808. The predicted octanol–water partition coefficient (Wildman–Crippen LogP) is 3.63. The van der Waals surface area contributed by atoms with Gasteiger partial charge in [0.05, 0.1) is 5.56 Å². The normalized spacial score (nSPS) is 16.7. The van der Waals surface area contributed by atoms with Crippen LogP contribution in [-0.2, 0) is 4.79 Å². The second kappa shape index (κ2) is 8.62. The molecule has 0 aliphatic carbocycles. The first kappa shape index (κ1) is 18.8. The molecule has 0 saturated carbocycles. The summed E-state index contributed by atoms with van der Waals surface area (Å²) in [4.78, 5) is 38.5. The molecule has 1 N–H and O–H groups in total. The smallest absolute Gasteiger partial charge is 0.303 e. The number of ketones is 1. The largest absolute Gasteiger partial charge is 0.481 e. The van der Waals surface area contributed by atoms with E-state index in [1.54, 1.807) is 53.4 Å². The Morgan fingerprint density at radius 2 is 1.63 bits per heavy atom. The first-order valence-corrected chi connectivity index (χ1v) is 9.26. The summed E-state index contributed by atoms with van der Waals surface area (Å²) in [5.41, 5.74) is 1.36. The molecule has 2 aromatic rings. The van der Waals surface area contributed by atoms with Crippen LogP contribution in [0.1, 0.15) is 52.0 Å². The number of carbonyl (C=O) groups excluding carboxylic acids is 2. The summed E-state index contributed by atoms with van der Waals surface area (Å²) in [6.45, 7) is 1.18. The van der Waals surface area contributed by atoms with E-state index in [1.807, 2.05) is 6.07 Å². The highest BCUT2D eigenvalue weighted by molar-refractivity contribution is 6.15. The van der Waals surface area contributed by atoms with Crippen LogP contribution in [0.15, 0.2) is 54.6 Å². The first-order valence-electron chi connectivity index (χ1n) is 9.26. The molecule has 0 spiro atoms. The Labute approximate surface area is 158 Å². The Kier molecular flexibility index (Phi) is 6.01. The summed E-state index contributed by atoms with van der Waals surface area (Å²) in [5, 5.41) is 8.88. The number of benzene rings is 2. The predicted molar refractivity (Wildman–Crippen MR) is 102 cm³/mol. The van der Waals surface area contributed by atoms with E-state index in [4.69, 9.17) is 5.11 Å².